The molecule has 1 fully saturated rings. The zero-order chi connectivity index (χ0) is 20.9. The summed E-state index contributed by atoms with van der Waals surface area (Å²) in [7, 11) is 0. The van der Waals surface area contributed by atoms with Gasteiger partial charge in [-0.15, -0.1) is 0 Å². The first-order chi connectivity index (χ1) is 14.6. The van der Waals surface area contributed by atoms with Crippen molar-refractivity contribution in [1.82, 2.24) is 4.57 Å². The fraction of sp³-hybridized carbons (Fsp3) is 0.360. The second-order valence-electron chi connectivity index (χ2n) is 7.95. The van der Waals surface area contributed by atoms with Crippen molar-refractivity contribution in [2.45, 2.75) is 58.4 Å². The number of thiazole rings is 1. The maximum atomic E-state index is 10.6. The molecular formula is C25H29N3OS. The highest BCUT2D eigenvalue weighted by molar-refractivity contribution is 7.11. The van der Waals surface area contributed by atoms with Crippen LogP contribution in [0.15, 0.2) is 58.5 Å². The lowest BCUT2D eigenvalue weighted by molar-refractivity contribution is 0.416. The second-order valence-corrected chi connectivity index (χ2v) is 8.96. The Balaban J connectivity index is 1.59. The molecule has 3 aromatic rings. The number of benzene rings is 2. The molecule has 1 aliphatic rings. The SMILES string of the molecule is CCn1c(O)c(C=Nc2ccc(C)cc2)sc1=Nc1ccc(C2CCCCC2)cc1. The third-order valence-corrected chi connectivity index (χ3v) is 6.79. The summed E-state index contributed by atoms with van der Waals surface area (Å²) in [4.78, 5) is 10.8. The summed E-state index contributed by atoms with van der Waals surface area (Å²) < 4.78 is 1.83. The quantitative estimate of drug-likeness (QED) is 0.465. The summed E-state index contributed by atoms with van der Waals surface area (Å²) >= 11 is 1.46. The largest absolute Gasteiger partial charge is 0.493 e. The Hall–Kier alpha value is -2.66. The van der Waals surface area contributed by atoms with Crippen LogP contribution >= 0.6 is 11.3 Å². The van der Waals surface area contributed by atoms with Crippen molar-refractivity contribution >= 4 is 28.9 Å². The predicted molar refractivity (Wildman–Crippen MR) is 126 cm³/mol. The summed E-state index contributed by atoms with van der Waals surface area (Å²) in [5.74, 6) is 0.916. The van der Waals surface area contributed by atoms with Crippen LogP contribution in [0.1, 0.15) is 60.9 Å². The molecule has 1 heterocycles. The van der Waals surface area contributed by atoms with E-state index in [9.17, 15) is 5.11 Å². The first-order valence-electron chi connectivity index (χ1n) is 10.8. The zero-order valence-corrected chi connectivity index (χ0v) is 18.5. The van der Waals surface area contributed by atoms with Crippen LogP contribution < -0.4 is 4.80 Å². The molecule has 156 valence electrons. The van der Waals surface area contributed by atoms with E-state index in [2.05, 4.69) is 36.2 Å². The van der Waals surface area contributed by atoms with E-state index in [1.165, 1.54) is 54.6 Å². The van der Waals surface area contributed by atoms with Crippen molar-refractivity contribution < 1.29 is 5.11 Å². The number of aromatic hydroxyl groups is 1. The molecule has 0 atom stereocenters. The minimum atomic E-state index is 0.218. The van der Waals surface area contributed by atoms with Gasteiger partial charge in [-0.25, -0.2) is 4.99 Å². The minimum absolute atomic E-state index is 0.218. The smallest absolute Gasteiger partial charge is 0.212 e. The van der Waals surface area contributed by atoms with Gasteiger partial charge >= 0.3 is 0 Å². The molecule has 0 bridgehead atoms. The van der Waals surface area contributed by atoms with Crippen molar-refractivity contribution in [1.29, 1.82) is 0 Å². The van der Waals surface area contributed by atoms with Crippen LogP contribution in [0.3, 0.4) is 0 Å². The van der Waals surface area contributed by atoms with Crippen LogP contribution in [-0.4, -0.2) is 15.9 Å². The average Bonchev–Trinajstić information content (AvgIpc) is 3.08. The van der Waals surface area contributed by atoms with Gasteiger partial charge in [0.05, 0.1) is 17.6 Å². The Kier molecular flexibility index (Phi) is 6.48. The summed E-state index contributed by atoms with van der Waals surface area (Å²) in [5, 5.41) is 10.6. The van der Waals surface area contributed by atoms with Crippen molar-refractivity contribution in [2.24, 2.45) is 9.98 Å². The van der Waals surface area contributed by atoms with Crippen molar-refractivity contribution in [3.8, 4) is 5.88 Å². The number of hydrogen-bond acceptors (Lipinski definition) is 4. The van der Waals surface area contributed by atoms with Gasteiger partial charge in [0.1, 0.15) is 4.88 Å². The van der Waals surface area contributed by atoms with Crippen LogP contribution in [0, 0.1) is 6.92 Å². The van der Waals surface area contributed by atoms with Gasteiger partial charge in [0.25, 0.3) is 0 Å². The Morgan fingerprint density at radius 1 is 1.00 bits per heavy atom. The Morgan fingerprint density at radius 3 is 2.33 bits per heavy atom. The van der Waals surface area contributed by atoms with Gasteiger partial charge in [0.15, 0.2) is 4.80 Å². The molecule has 0 saturated heterocycles. The van der Waals surface area contributed by atoms with Gasteiger partial charge < -0.3 is 5.11 Å². The van der Waals surface area contributed by atoms with E-state index >= 15 is 0 Å². The zero-order valence-electron chi connectivity index (χ0n) is 17.7. The molecule has 0 unspecified atom stereocenters. The topological polar surface area (TPSA) is 49.9 Å². The molecule has 1 aromatic heterocycles. The first kappa shape index (κ1) is 20.6. The number of rotatable bonds is 5. The highest BCUT2D eigenvalue weighted by atomic mass is 32.1. The molecule has 0 amide bonds. The normalized spacial score (nSPS) is 15.9. The molecular weight excluding hydrogens is 390 g/mol. The summed E-state index contributed by atoms with van der Waals surface area (Å²) in [6.45, 7) is 4.72. The molecule has 2 aromatic carbocycles. The summed E-state index contributed by atoms with van der Waals surface area (Å²) in [5.41, 5.74) is 4.41. The van der Waals surface area contributed by atoms with Gasteiger partial charge in [0, 0.05) is 6.54 Å². The maximum absolute atomic E-state index is 10.6. The lowest BCUT2D eigenvalue weighted by atomic mass is 9.84. The molecule has 0 radical (unpaired) electrons. The van der Waals surface area contributed by atoms with Crippen molar-refractivity contribution in [3.63, 3.8) is 0 Å². The van der Waals surface area contributed by atoms with Gasteiger partial charge in [-0.1, -0.05) is 60.4 Å². The van der Waals surface area contributed by atoms with E-state index in [0.29, 0.717) is 12.5 Å². The Bertz CT molecular complexity index is 1070. The van der Waals surface area contributed by atoms with E-state index in [0.717, 1.165) is 21.1 Å². The average molecular weight is 420 g/mol. The molecule has 4 nitrogen and oxygen atoms in total. The first-order valence-corrected chi connectivity index (χ1v) is 11.6. The fourth-order valence-electron chi connectivity index (χ4n) is 4.01. The Labute approximate surface area is 182 Å². The third-order valence-electron chi connectivity index (χ3n) is 5.78. The Morgan fingerprint density at radius 2 is 1.67 bits per heavy atom. The summed E-state index contributed by atoms with van der Waals surface area (Å²) in [6.07, 6.45) is 8.38. The van der Waals surface area contributed by atoms with E-state index < -0.39 is 0 Å². The highest BCUT2D eigenvalue weighted by Gasteiger charge is 2.15. The number of nitrogens with zero attached hydrogens (tertiary/aromatic N) is 3. The van der Waals surface area contributed by atoms with Crippen LogP contribution in [0.4, 0.5) is 11.4 Å². The van der Waals surface area contributed by atoms with Crippen LogP contribution in [0.5, 0.6) is 5.88 Å². The molecule has 30 heavy (non-hydrogen) atoms. The van der Waals surface area contributed by atoms with Crippen LogP contribution in [-0.2, 0) is 6.54 Å². The standard InChI is InChI=1S/C25H29N3OS/c1-3-28-24(29)23(17-26-21-13-9-18(2)10-14-21)30-25(28)27-22-15-11-20(12-16-22)19-7-5-4-6-8-19/h9-17,19,29H,3-8H2,1-2H3. The lowest BCUT2D eigenvalue weighted by Gasteiger charge is -2.21. The highest BCUT2D eigenvalue weighted by Crippen LogP contribution is 2.33. The molecule has 0 aliphatic heterocycles. The van der Waals surface area contributed by atoms with Gasteiger partial charge in [-0.3, -0.25) is 9.56 Å². The minimum Gasteiger partial charge on any atom is -0.493 e. The van der Waals surface area contributed by atoms with Gasteiger partial charge in [0.2, 0.25) is 5.88 Å². The molecule has 4 rings (SSSR count). The van der Waals surface area contributed by atoms with E-state index in [-0.39, 0.29) is 5.88 Å². The monoisotopic (exact) mass is 419 g/mol. The third kappa shape index (κ3) is 4.73. The summed E-state index contributed by atoms with van der Waals surface area (Å²) in [6, 6.07) is 16.7. The molecule has 5 heteroatoms. The molecule has 0 spiro atoms. The van der Waals surface area contributed by atoms with Crippen molar-refractivity contribution in [3.05, 3.63) is 69.3 Å². The van der Waals surface area contributed by atoms with E-state index in [1.54, 1.807) is 6.21 Å². The molecule has 1 saturated carbocycles. The van der Waals surface area contributed by atoms with E-state index in [4.69, 9.17) is 4.99 Å². The fourth-order valence-corrected chi connectivity index (χ4v) is 4.99. The number of aromatic nitrogens is 1. The van der Waals surface area contributed by atoms with Crippen LogP contribution in [0.25, 0.3) is 0 Å². The number of aliphatic imine (C=N–C) groups is 1. The molecule has 1 aliphatic carbocycles. The maximum Gasteiger partial charge on any atom is 0.212 e. The van der Waals surface area contributed by atoms with E-state index in [1.807, 2.05) is 35.8 Å². The van der Waals surface area contributed by atoms with Gasteiger partial charge in [-0.05, 0) is 62.4 Å². The molecule has 1 N–H and O–H groups in total. The van der Waals surface area contributed by atoms with Crippen LogP contribution in [0.2, 0.25) is 0 Å². The van der Waals surface area contributed by atoms with Gasteiger partial charge in [-0.2, -0.15) is 0 Å². The second kappa shape index (κ2) is 9.43. The number of hydrogen-bond donors (Lipinski definition) is 1. The lowest BCUT2D eigenvalue weighted by Crippen LogP contribution is -2.12. The predicted octanol–water partition coefficient (Wildman–Crippen LogP) is 6.61. The van der Waals surface area contributed by atoms with Crippen molar-refractivity contribution in [2.75, 3.05) is 0 Å². The number of aryl methyl sites for hydroxylation is 1.